The summed E-state index contributed by atoms with van der Waals surface area (Å²) in [5.41, 5.74) is 0.278. The second-order valence-corrected chi connectivity index (χ2v) is 8.43. The lowest BCUT2D eigenvalue weighted by molar-refractivity contribution is -0.117. The number of nitrogens with one attached hydrogen (secondary N) is 1. The highest BCUT2D eigenvalue weighted by molar-refractivity contribution is 7.17. The molecule has 1 N–H and O–H groups in total. The Bertz CT molecular complexity index is 1430. The van der Waals surface area contributed by atoms with Crippen LogP contribution in [-0.2, 0) is 22.6 Å². The van der Waals surface area contributed by atoms with Gasteiger partial charge in [-0.1, -0.05) is 12.1 Å². The van der Waals surface area contributed by atoms with Crippen LogP contribution in [0.4, 0.5) is 5.69 Å². The summed E-state index contributed by atoms with van der Waals surface area (Å²) < 4.78 is 15.3. The molecule has 1 unspecified atom stereocenters. The number of ether oxygens (including phenoxy) is 2. The first-order chi connectivity index (χ1) is 15.6. The summed E-state index contributed by atoms with van der Waals surface area (Å²) in [5.74, 6) is 0.273. The maximum absolute atomic E-state index is 13.2. The van der Waals surface area contributed by atoms with Crippen LogP contribution in [0.1, 0.15) is 12.8 Å². The van der Waals surface area contributed by atoms with Crippen molar-refractivity contribution in [3.63, 3.8) is 0 Å². The van der Waals surface area contributed by atoms with Crippen LogP contribution < -0.4 is 21.3 Å². The second kappa shape index (κ2) is 8.24. The minimum atomic E-state index is -0.486. The Hall–Kier alpha value is -3.44. The smallest absolute Gasteiger partial charge is 0.352 e. The van der Waals surface area contributed by atoms with Gasteiger partial charge in [0.15, 0.2) is 0 Å². The van der Waals surface area contributed by atoms with E-state index in [9.17, 15) is 14.4 Å². The molecule has 4 aromatic rings. The Morgan fingerprint density at radius 2 is 2.16 bits per heavy atom. The number of aromatic nitrogens is 4. The summed E-state index contributed by atoms with van der Waals surface area (Å²) in [6, 6.07) is 8.71. The molecule has 3 aromatic heterocycles. The molecule has 0 aliphatic carbocycles. The van der Waals surface area contributed by atoms with E-state index in [2.05, 4.69) is 10.4 Å². The molecule has 0 radical (unpaired) electrons. The van der Waals surface area contributed by atoms with E-state index in [0.29, 0.717) is 34.8 Å². The van der Waals surface area contributed by atoms with Gasteiger partial charge in [-0.3, -0.25) is 14.2 Å². The summed E-state index contributed by atoms with van der Waals surface area (Å²) in [5, 5.41) is 8.86. The third kappa shape index (κ3) is 3.49. The van der Waals surface area contributed by atoms with Crippen molar-refractivity contribution in [1.82, 2.24) is 18.7 Å². The molecular weight excluding hydrogens is 434 g/mol. The average Bonchev–Trinajstić information content (AvgIpc) is 3.53. The summed E-state index contributed by atoms with van der Waals surface area (Å²) in [6.07, 6.45) is 1.66. The van der Waals surface area contributed by atoms with E-state index in [0.717, 1.165) is 17.5 Å². The van der Waals surface area contributed by atoms with Gasteiger partial charge in [-0.2, -0.15) is 0 Å². The van der Waals surface area contributed by atoms with Gasteiger partial charge in [-0.05, 0) is 36.4 Å². The Labute approximate surface area is 185 Å². The Kier molecular flexibility index (Phi) is 5.27. The van der Waals surface area contributed by atoms with Gasteiger partial charge in [0.1, 0.15) is 17.0 Å². The van der Waals surface area contributed by atoms with Crippen LogP contribution in [0.15, 0.2) is 45.3 Å². The minimum Gasteiger partial charge on any atom is -0.495 e. The van der Waals surface area contributed by atoms with E-state index in [1.54, 1.807) is 35.7 Å². The van der Waals surface area contributed by atoms with Crippen molar-refractivity contribution >= 4 is 38.9 Å². The van der Waals surface area contributed by atoms with Crippen molar-refractivity contribution in [2.45, 2.75) is 32.0 Å². The molecule has 0 bridgehead atoms. The normalized spacial score (nSPS) is 16.1. The first kappa shape index (κ1) is 20.5. The predicted octanol–water partition coefficient (Wildman–Crippen LogP) is 1.70. The first-order valence-electron chi connectivity index (χ1n) is 10.2. The molecule has 166 valence electrons. The Morgan fingerprint density at radius 1 is 1.31 bits per heavy atom. The number of anilines is 1. The highest BCUT2D eigenvalue weighted by Crippen LogP contribution is 2.23. The molecule has 1 amide bonds. The summed E-state index contributed by atoms with van der Waals surface area (Å²) in [4.78, 5) is 38.9. The number of rotatable bonds is 6. The largest absolute Gasteiger partial charge is 0.495 e. The minimum absolute atomic E-state index is 0.108. The van der Waals surface area contributed by atoms with Crippen molar-refractivity contribution in [1.29, 1.82) is 0 Å². The van der Waals surface area contributed by atoms with Crippen molar-refractivity contribution in [2.75, 3.05) is 19.0 Å². The molecule has 0 saturated carbocycles. The van der Waals surface area contributed by atoms with Crippen molar-refractivity contribution in [3.05, 3.63) is 56.5 Å². The van der Waals surface area contributed by atoms with Crippen LogP contribution in [0, 0.1) is 0 Å². The van der Waals surface area contributed by atoms with Gasteiger partial charge >= 0.3 is 5.69 Å². The molecule has 32 heavy (non-hydrogen) atoms. The average molecular weight is 455 g/mol. The fourth-order valence-corrected chi connectivity index (χ4v) is 4.79. The lowest BCUT2D eigenvalue weighted by atomic mass is 10.2. The van der Waals surface area contributed by atoms with Crippen LogP contribution in [0.3, 0.4) is 0 Å². The molecule has 1 aliphatic heterocycles. The van der Waals surface area contributed by atoms with Crippen LogP contribution >= 0.6 is 11.3 Å². The first-order valence-corrected chi connectivity index (χ1v) is 11.1. The van der Waals surface area contributed by atoms with Gasteiger partial charge in [-0.15, -0.1) is 16.4 Å². The molecule has 11 heteroatoms. The number of hydrogen-bond donors (Lipinski definition) is 1. The van der Waals surface area contributed by atoms with Gasteiger partial charge in [0, 0.05) is 6.61 Å². The van der Waals surface area contributed by atoms with Crippen LogP contribution in [0.5, 0.6) is 5.75 Å². The number of methoxy groups -OCH3 is 1. The summed E-state index contributed by atoms with van der Waals surface area (Å²) >= 11 is 1.27. The molecule has 1 aromatic carbocycles. The number of thiophene rings is 1. The number of hydrogen-bond acceptors (Lipinski definition) is 7. The number of benzene rings is 1. The van der Waals surface area contributed by atoms with Crippen molar-refractivity contribution in [2.24, 2.45) is 0 Å². The highest BCUT2D eigenvalue weighted by atomic mass is 32.1. The molecule has 10 nitrogen and oxygen atoms in total. The van der Waals surface area contributed by atoms with E-state index >= 15 is 0 Å². The lowest BCUT2D eigenvalue weighted by Crippen LogP contribution is -2.30. The maximum Gasteiger partial charge on any atom is 0.352 e. The third-order valence-corrected chi connectivity index (χ3v) is 6.36. The van der Waals surface area contributed by atoms with Gasteiger partial charge in [0.25, 0.3) is 5.56 Å². The van der Waals surface area contributed by atoms with Gasteiger partial charge in [0.2, 0.25) is 11.7 Å². The predicted molar refractivity (Wildman–Crippen MR) is 120 cm³/mol. The SMILES string of the molecule is COc1ccccc1NC(=O)Cn1nc2n(CC3CCCO3)c(=O)c3sccc3n2c1=O. The van der Waals surface area contributed by atoms with Crippen molar-refractivity contribution in [3.8, 4) is 5.75 Å². The van der Waals surface area contributed by atoms with Crippen molar-refractivity contribution < 1.29 is 14.3 Å². The van der Waals surface area contributed by atoms with Gasteiger partial charge < -0.3 is 14.8 Å². The lowest BCUT2D eigenvalue weighted by Gasteiger charge is -2.12. The molecule has 4 heterocycles. The van der Waals surface area contributed by atoms with Gasteiger partial charge in [-0.25, -0.2) is 13.9 Å². The molecule has 0 spiro atoms. The number of nitrogens with zero attached hydrogens (tertiary/aromatic N) is 4. The summed E-state index contributed by atoms with van der Waals surface area (Å²) in [6.45, 7) is 0.652. The number of carbonyl (C=O) groups is 1. The molecular formula is C21H21N5O5S. The van der Waals surface area contributed by atoms with E-state index in [1.807, 2.05) is 0 Å². The number of carbonyl (C=O) groups excluding carboxylic acids is 1. The van der Waals surface area contributed by atoms with E-state index < -0.39 is 11.6 Å². The van der Waals surface area contributed by atoms with E-state index in [-0.39, 0.29) is 24.0 Å². The fourth-order valence-electron chi connectivity index (χ4n) is 3.97. The zero-order valence-electron chi connectivity index (χ0n) is 17.3. The molecule has 1 aliphatic rings. The van der Waals surface area contributed by atoms with Gasteiger partial charge in [0.05, 0.1) is 31.0 Å². The highest BCUT2D eigenvalue weighted by Gasteiger charge is 2.23. The third-order valence-electron chi connectivity index (χ3n) is 5.47. The number of fused-ring (bicyclic) bond motifs is 3. The van der Waals surface area contributed by atoms with E-state index in [4.69, 9.17) is 9.47 Å². The Morgan fingerprint density at radius 3 is 2.94 bits per heavy atom. The van der Waals surface area contributed by atoms with Crippen LogP contribution in [0.25, 0.3) is 16.0 Å². The topological polar surface area (TPSA) is 109 Å². The quantitative estimate of drug-likeness (QED) is 0.474. The zero-order chi connectivity index (χ0) is 22.2. The fraction of sp³-hybridized carbons (Fsp3) is 0.333. The zero-order valence-corrected chi connectivity index (χ0v) is 18.1. The van der Waals surface area contributed by atoms with Crippen LogP contribution in [0.2, 0.25) is 0 Å². The number of para-hydroxylation sites is 2. The maximum atomic E-state index is 13.2. The standard InChI is InChI=1S/C21H21N5O5S/c1-30-16-7-3-2-6-14(16)22-17(27)12-25-21(29)26-15-8-10-32-18(15)19(28)24(20(26)23-25)11-13-5-4-9-31-13/h2-3,6-8,10,13H,4-5,9,11-12H2,1H3,(H,22,27). The molecule has 1 fully saturated rings. The monoisotopic (exact) mass is 455 g/mol. The molecule has 1 atom stereocenters. The summed E-state index contributed by atoms with van der Waals surface area (Å²) in [7, 11) is 1.51. The number of amides is 1. The second-order valence-electron chi connectivity index (χ2n) is 7.51. The van der Waals surface area contributed by atoms with Crippen LogP contribution in [-0.4, -0.2) is 44.5 Å². The van der Waals surface area contributed by atoms with E-state index in [1.165, 1.54) is 27.4 Å². The molecule has 1 saturated heterocycles. The molecule has 5 rings (SSSR count). The Balaban J connectivity index is 1.54.